The monoisotopic (exact) mass is 341 g/mol. The summed E-state index contributed by atoms with van der Waals surface area (Å²) in [5, 5.41) is 6.54. The van der Waals surface area contributed by atoms with Gasteiger partial charge in [-0.2, -0.15) is 0 Å². The Kier molecular flexibility index (Phi) is 5.82. The van der Waals surface area contributed by atoms with Crippen LogP contribution in [-0.4, -0.2) is 31.1 Å². The highest BCUT2D eigenvalue weighted by atomic mass is 19.1. The Bertz CT molecular complexity index is 708. The first-order valence-corrected chi connectivity index (χ1v) is 8.63. The van der Waals surface area contributed by atoms with Gasteiger partial charge >= 0.3 is 0 Å². The predicted molar refractivity (Wildman–Crippen MR) is 99.1 cm³/mol. The third-order valence-corrected chi connectivity index (χ3v) is 4.30. The quantitative estimate of drug-likeness (QED) is 0.648. The van der Waals surface area contributed by atoms with E-state index in [4.69, 9.17) is 0 Å². The van der Waals surface area contributed by atoms with E-state index >= 15 is 0 Å². The standard InChI is InChI=1S/C19H24FN5/c1-21-19(23-13-15-4-6-17(20)7-5-15)24-14-16-8-9-22-18(12-16)25-10-2-3-11-25/h4-9,12H,2-3,10-11,13-14H2,1H3,(H2,21,23,24). The normalized spacial score (nSPS) is 14.6. The minimum atomic E-state index is -0.224. The molecule has 1 aliphatic heterocycles. The highest BCUT2D eigenvalue weighted by Crippen LogP contribution is 2.18. The van der Waals surface area contributed by atoms with Crippen molar-refractivity contribution in [2.24, 2.45) is 4.99 Å². The SMILES string of the molecule is CN=C(NCc1ccc(F)cc1)NCc1ccnc(N2CCCC2)c1. The van der Waals surface area contributed by atoms with Gasteiger partial charge in [0.05, 0.1) is 0 Å². The van der Waals surface area contributed by atoms with Gasteiger partial charge in [-0.05, 0) is 48.2 Å². The third kappa shape index (κ3) is 4.92. The van der Waals surface area contributed by atoms with Crippen LogP contribution in [0.3, 0.4) is 0 Å². The van der Waals surface area contributed by atoms with E-state index in [0.29, 0.717) is 19.0 Å². The highest BCUT2D eigenvalue weighted by molar-refractivity contribution is 5.79. The number of nitrogens with zero attached hydrogens (tertiary/aromatic N) is 3. The fourth-order valence-corrected chi connectivity index (χ4v) is 2.88. The summed E-state index contributed by atoms with van der Waals surface area (Å²) >= 11 is 0. The van der Waals surface area contributed by atoms with E-state index in [1.807, 2.05) is 12.3 Å². The number of anilines is 1. The Hall–Kier alpha value is -2.63. The number of aliphatic imine (C=N–C) groups is 1. The molecule has 0 radical (unpaired) electrons. The number of benzene rings is 1. The van der Waals surface area contributed by atoms with Crippen molar-refractivity contribution < 1.29 is 4.39 Å². The van der Waals surface area contributed by atoms with Crippen molar-refractivity contribution in [1.29, 1.82) is 0 Å². The van der Waals surface area contributed by atoms with Crippen LogP contribution >= 0.6 is 0 Å². The molecule has 2 heterocycles. The second-order valence-corrected chi connectivity index (χ2v) is 6.12. The van der Waals surface area contributed by atoms with Crippen LogP contribution in [0, 0.1) is 5.82 Å². The van der Waals surface area contributed by atoms with Crippen LogP contribution in [0.4, 0.5) is 10.2 Å². The van der Waals surface area contributed by atoms with Gasteiger partial charge in [0, 0.05) is 39.4 Å². The van der Waals surface area contributed by atoms with Gasteiger partial charge in [0.15, 0.2) is 5.96 Å². The van der Waals surface area contributed by atoms with Crippen LogP contribution in [0.25, 0.3) is 0 Å². The average Bonchev–Trinajstić information content (AvgIpc) is 3.18. The van der Waals surface area contributed by atoms with Crippen LogP contribution in [0.1, 0.15) is 24.0 Å². The first-order valence-electron chi connectivity index (χ1n) is 8.63. The van der Waals surface area contributed by atoms with E-state index in [1.54, 1.807) is 19.2 Å². The Labute approximate surface area is 148 Å². The van der Waals surface area contributed by atoms with Crippen molar-refractivity contribution in [1.82, 2.24) is 15.6 Å². The van der Waals surface area contributed by atoms with Crippen molar-refractivity contribution in [3.8, 4) is 0 Å². The fourth-order valence-electron chi connectivity index (χ4n) is 2.88. The molecular formula is C19H24FN5. The van der Waals surface area contributed by atoms with Crippen LogP contribution in [-0.2, 0) is 13.1 Å². The van der Waals surface area contributed by atoms with Gasteiger partial charge in [0.25, 0.3) is 0 Å². The molecule has 0 atom stereocenters. The smallest absolute Gasteiger partial charge is 0.191 e. The summed E-state index contributed by atoms with van der Waals surface area (Å²) in [6, 6.07) is 10.6. The maximum atomic E-state index is 12.9. The molecule has 3 rings (SSSR count). The second-order valence-electron chi connectivity index (χ2n) is 6.12. The molecule has 132 valence electrons. The zero-order chi connectivity index (χ0) is 17.5. The van der Waals surface area contributed by atoms with Crippen molar-refractivity contribution in [3.05, 3.63) is 59.5 Å². The number of hydrogen-bond acceptors (Lipinski definition) is 3. The molecule has 5 nitrogen and oxygen atoms in total. The van der Waals surface area contributed by atoms with E-state index < -0.39 is 0 Å². The van der Waals surface area contributed by atoms with Crippen molar-refractivity contribution in [3.63, 3.8) is 0 Å². The molecule has 0 unspecified atom stereocenters. The van der Waals surface area contributed by atoms with Crippen LogP contribution in [0.5, 0.6) is 0 Å². The molecule has 1 fully saturated rings. The second kappa shape index (κ2) is 8.46. The van der Waals surface area contributed by atoms with E-state index in [2.05, 4.69) is 31.6 Å². The van der Waals surface area contributed by atoms with Crippen molar-refractivity contribution in [2.75, 3.05) is 25.0 Å². The third-order valence-electron chi connectivity index (χ3n) is 4.30. The Morgan fingerprint density at radius 1 is 1.08 bits per heavy atom. The molecule has 0 saturated carbocycles. The first-order chi connectivity index (χ1) is 12.2. The lowest BCUT2D eigenvalue weighted by molar-refractivity contribution is 0.626. The Morgan fingerprint density at radius 2 is 1.76 bits per heavy atom. The number of hydrogen-bond donors (Lipinski definition) is 2. The number of pyridine rings is 1. The summed E-state index contributed by atoms with van der Waals surface area (Å²) in [5.74, 6) is 1.53. The van der Waals surface area contributed by atoms with Gasteiger partial charge in [-0.25, -0.2) is 9.37 Å². The Morgan fingerprint density at radius 3 is 2.44 bits per heavy atom. The molecular weight excluding hydrogens is 317 g/mol. The molecule has 0 bridgehead atoms. The molecule has 1 aromatic heterocycles. The molecule has 1 aliphatic rings. The highest BCUT2D eigenvalue weighted by Gasteiger charge is 2.13. The summed E-state index contributed by atoms with van der Waals surface area (Å²) in [5.41, 5.74) is 2.17. The van der Waals surface area contributed by atoms with Gasteiger partial charge in [0.2, 0.25) is 0 Å². The van der Waals surface area contributed by atoms with Crippen LogP contribution in [0.15, 0.2) is 47.6 Å². The maximum Gasteiger partial charge on any atom is 0.191 e. The van der Waals surface area contributed by atoms with E-state index in [0.717, 1.165) is 24.5 Å². The van der Waals surface area contributed by atoms with Gasteiger partial charge in [-0.3, -0.25) is 4.99 Å². The molecule has 0 amide bonds. The molecule has 2 aromatic rings. The zero-order valence-corrected chi connectivity index (χ0v) is 14.5. The maximum absolute atomic E-state index is 12.9. The van der Waals surface area contributed by atoms with E-state index in [1.165, 1.54) is 30.5 Å². The van der Waals surface area contributed by atoms with Crippen molar-refractivity contribution >= 4 is 11.8 Å². The summed E-state index contributed by atoms with van der Waals surface area (Å²) in [4.78, 5) is 11.0. The number of halogens is 1. The molecule has 25 heavy (non-hydrogen) atoms. The molecule has 6 heteroatoms. The number of nitrogens with one attached hydrogen (secondary N) is 2. The Balaban J connectivity index is 1.52. The number of aromatic nitrogens is 1. The lowest BCUT2D eigenvalue weighted by Crippen LogP contribution is -2.36. The minimum Gasteiger partial charge on any atom is -0.357 e. The topological polar surface area (TPSA) is 52.6 Å². The molecule has 0 aliphatic carbocycles. The van der Waals surface area contributed by atoms with E-state index in [9.17, 15) is 4.39 Å². The largest absolute Gasteiger partial charge is 0.357 e. The lowest BCUT2D eigenvalue weighted by atomic mass is 10.2. The van der Waals surface area contributed by atoms with Gasteiger partial charge in [-0.1, -0.05) is 12.1 Å². The molecule has 0 spiro atoms. The van der Waals surface area contributed by atoms with Gasteiger partial charge in [0.1, 0.15) is 11.6 Å². The number of guanidine groups is 1. The summed E-state index contributed by atoms with van der Waals surface area (Å²) < 4.78 is 12.9. The first kappa shape index (κ1) is 17.2. The van der Waals surface area contributed by atoms with E-state index in [-0.39, 0.29) is 5.82 Å². The molecule has 1 saturated heterocycles. The number of rotatable bonds is 5. The average molecular weight is 341 g/mol. The van der Waals surface area contributed by atoms with Gasteiger partial charge < -0.3 is 15.5 Å². The molecule has 1 aromatic carbocycles. The summed E-state index contributed by atoms with van der Waals surface area (Å²) in [7, 11) is 1.74. The zero-order valence-electron chi connectivity index (χ0n) is 14.5. The van der Waals surface area contributed by atoms with Crippen LogP contribution < -0.4 is 15.5 Å². The van der Waals surface area contributed by atoms with Crippen molar-refractivity contribution in [2.45, 2.75) is 25.9 Å². The fraction of sp³-hybridized carbons (Fsp3) is 0.368. The summed E-state index contributed by atoms with van der Waals surface area (Å²) in [6.45, 7) is 3.44. The van der Waals surface area contributed by atoms with Gasteiger partial charge in [-0.15, -0.1) is 0 Å². The lowest BCUT2D eigenvalue weighted by Gasteiger charge is -2.17. The summed E-state index contributed by atoms with van der Waals surface area (Å²) in [6.07, 6.45) is 4.34. The predicted octanol–water partition coefficient (Wildman–Crippen LogP) is 2.69. The molecule has 2 N–H and O–H groups in total. The van der Waals surface area contributed by atoms with Crippen LogP contribution in [0.2, 0.25) is 0 Å². The minimum absolute atomic E-state index is 0.224.